The van der Waals surface area contributed by atoms with Gasteiger partial charge in [0.25, 0.3) is 5.91 Å². The van der Waals surface area contributed by atoms with Gasteiger partial charge in [-0.2, -0.15) is 5.10 Å². The molecule has 0 saturated carbocycles. The topological polar surface area (TPSA) is 127 Å². The van der Waals surface area contributed by atoms with E-state index in [4.69, 9.17) is 25.8 Å². The minimum absolute atomic E-state index is 0.0600. The third-order valence-corrected chi connectivity index (χ3v) is 5.59. The van der Waals surface area contributed by atoms with Crippen LogP contribution in [0.15, 0.2) is 41.5 Å². The van der Waals surface area contributed by atoms with Crippen LogP contribution in [0.2, 0.25) is 5.02 Å². The van der Waals surface area contributed by atoms with Crippen LogP contribution in [0, 0.1) is 6.92 Å². The number of hydrazone groups is 1. The fourth-order valence-corrected chi connectivity index (χ4v) is 3.49. The van der Waals surface area contributed by atoms with E-state index in [1.54, 1.807) is 30.3 Å². The van der Waals surface area contributed by atoms with Crippen LogP contribution in [-0.4, -0.2) is 56.4 Å². The monoisotopic (exact) mass is 516 g/mol. The van der Waals surface area contributed by atoms with E-state index in [1.165, 1.54) is 6.21 Å². The van der Waals surface area contributed by atoms with Crippen molar-refractivity contribution in [2.24, 2.45) is 5.10 Å². The van der Waals surface area contributed by atoms with E-state index >= 15 is 0 Å². The highest BCUT2D eigenvalue weighted by molar-refractivity contribution is 6.35. The SMILES string of the molecule is CCOc1cc(/C=N\NC(=O)C(=O)NC[C@@H]2CCCO2)ccc1OCC(=O)Nc1ccc(C)c(Cl)c1. The zero-order valence-corrected chi connectivity index (χ0v) is 20.9. The predicted octanol–water partition coefficient (Wildman–Crippen LogP) is 2.81. The highest BCUT2D eigenvalue weighted by Crippen LogP contribution is 2.28. The summed E-state index contributed by atoms with van der Waals surface area (Å²) in [5, 5.41) is 9.62. The normalized spacial score (nSPS) is 14.9. The summed E-state index contributed by atoms with van der Waals surface area (Å²) in [7, 11) is 0. The average molecular weight is 517 g/mol. The molecular weight excluding hydrogens is 488 g/mol. The number of carbonyl (C=O) groups is 3. The summed E-state index contributed by atoms with van der Waals surface area (Å²) >= 11 is 6.09. The van der Waals surface area contributed by atoms with Crippen molar-refractivity contribution in [2.45, 2.75) is 32.8 Å². The lowest BCUT2D eigenvalue weighted by atomic mass is 10.2. The minimum Gasteiger partial charge on any atom is -0.490 e. The molecule has 1 saturated heterocycles. The third kappa shape index (κ3) is 8.24. The number of hydrogen-bond acceptors (Lipinski definition) is 7. The molecular formula is C25H29ClN4O6. The van der Waals surface area contributed by atoms with Crippen LogP contribution in [0.1, 0.15) is 30.9 Å². The maximum atomic E-state index is 12.3. The van der Waals surface area contributed by atoms with E-state index in [2.05, 4.69) is 21.2 Å². The van der Waals surface area contributed by atoms with Crippen LogP contribution in [0.25, 0.3) is 0 Å². The molecule has 2 aromatic rings. The van der Waals surface area contributed by atoms with E-state index in [0.717, 1.165) is 18.4 Å². The second-order valence-corrected chi connectivity index (χ2v) is 8.39. The summed E-state index contributed by atoms with van der Waals surface area (Å²) in [4.78, 5) is 36.1. The molecule has 36 heavy (non-hydrogen) atoms. The van der Waals surface area contributed by atoms with Gasteiger partial charge in [-0.1, -0.05) is 17.7 Å². The van der Waals surface area contributed by atoms with Gasteiger partial charge in [-0.15, -0.1) is 0 Å². The Kier molecular flexibility index (Phi) is 10.1. The van der Waals surface area contributed by atoms with Crippen molar-refractivity contribution in [1.29, 1.82) is 0 Å². The lowest BCUT2D eigenvalue weighted by Gasteiger charge is -2.13. The molecule has 0 radical (unpaired) electrons. The second-order valence-electron chi connectivity index (χ2n) is 7.98. The Morgan fingerprint density at radius 1 is 1.14 bits per heavy atom. The van der Waals surface area contributed by atoms with E-state index in [9.17, 15) is 14.4 Å². The first kappa shape index (κ1) is 27.0. The number of benzene rings is 2. The summed E-state index contributed by atoms with van der Waals surface area (Å²) in [5.74, 6) is -1.26. The lowest BCUT2D eigenvalue weighted by molar-refractivity contribution is -0.139. The van der Waals surface area contributed by atoms with Gasteiger partial charge in [0.2, 0.25) is 0 Å². The molecule has 1 heterocycles. The number of rotatable bonds is 10. The molecule has 0 spiro atoms. The summed E-state index contributed by atoms with van der Waals surface area (Å²) in [6.07, 6.45) is 3.11. The standard InChI is InChI=1S/C25H29ClN4O6/c1-3-34-22-11-17(13-28-30-25(33)24(32)27-14-19-5-4-10-35-19)7-9-21(22)36-15-23(31)29-18-8-6-16(2)20(26)12-18/h6-9,11-13,19H,3-5,10,14-15H2,1-2H3,(H,27,32)(H,29,31)(H,30,33)/b28-13-/t19-/m0/s1. The summed E-state index contributed by atoms with van der Waals surface area (Å²) in [6, 6.07) is 10.2. The minimum atomic E-state index is -0.880. The molecule has 2 aromatic carbocycles. The van der Waals surface area contributed by atoms with Gasteiger partial charge in [0.1, 0.15) is 0 Å². The molecule has 1 aliphatic rings. The number of aryl methyl sites for hydroxylation is 1. The van der Waals surface area contributed by atoms with Gasteiger partial charge in [0, 0.05) is 23.9 Å². The van der Waals surface area contributed by atoms with Gasteiger partial charge in [-0.25, -0.2) is 5.43 Å². The quantitative estimate of drug-likeness (QED) is 0.253. The van der Waals surface area contributed by atoms with Crippen LogP contribution in [0.3, 0.4) is 0 Å². The zero-order chi connectivity index (χ0) is 25.9. The van der Waals surface area contributed by atoms with Gasteiger partial charge >= 0.3 is 11.8 Å². The summed E-state index contributed by atoms with van der Waals surface area (Å²) < 4.78 is 16.6. The van der Waals surface area contributed by atoms with E-state index < -0.39 is 11.8 Å². The van der Waals surface area contributed by atoms with Crippen LogP contribution in [0.4, 0.5) is 5.69 Å². The number of hydrogen-bond donors (Lipinski definition) is 3. The zero-order valence-electron chi connectivity index (χ0n) is 20.1. The van der Waals surface area contributed by atoms with Gasteiger partial charge < -0.3 is 24.8 Å². The first-order chi connectivity index (χ1) is 17.4. The second kappa shape index (κ2) is 13.5. The number of ether oxygens (including phenoxy) is 3. The maximum Gasteiger partial charge on any atom is 0.329 e. The molecule has 10 nitrogen and oxygen atoms in total. The highest BCUT2D eigenvalue weighted by Gasteiger charge is 2.19. The Bertz CT molecular complexity index is 1120. The molecule has 192 valence electrons. The fourth-order valence-electron chi connectivity index (χ4n) is 3.31. The molecule has 3 rings (SSSR count). The molecule has 1 atom stereocenters. The van der Waals surface area contributed by atoms with Gasteiger partial charge in [0.15, 0.2) is 18.1 Å². The predicted molar refractivity (Wildman–Crippen MR) is 136 cm³/mol. The van der Waals surface area contributed by atoms with Crippen LogP contribution in [-0.2, 0) is 19.1 Å². The van der Waals surface area contributed by atoms with Gasteiger partial charge in [0.05, 0.1) is 18.9 Å². The van der Waals surface area contributed by atoms with Crippen molar-refractivity contribution < 1.29 is 28.6 Å². The number of anilines is 1. The van der Waals surface area contributed by atoms with E-state index in [0.29, 0.717) is 41.0 Å². The number of amides is 3. The Hall–Kier alpha value is -3.63. The molecule has 3 amide bonds. The average Bonchev–Trinajstić information content (AvgIpc) is 3.38. The Labute approximate surface area is 214 Å². The Morgan fingerprint density at radius 2 is 1.97 bits per heavy atom. The van der Waals surface area contributed by atoms with Gasteiger partial charge in [-0.3, -0.25) is 14.4 Å². The van der Waals surface area contributed by atoms with E-state index in [1.807, 2.05) is 19.9 Å². The fraction of sp³-hybridized carbons (Fsp3) is 0.360. The molecule has 0 unspecified atom stereocenters. The number of nitrogens with zero attached hydrogens (tertiary/aromatic N) is 1. The number of nitrogens with one attached hydrogen (secondary N) is 3. The largest absolute Gasteiger partial charge is 0.490 e. The maximum absolute atomic E-state index is 12.3. The lowest BCUT2D eigenvalue weighted by Crippen LogP contribution is -2.41. The first-order valence-corrected chi connectivity index (χ1v) is 11.9. The molecule has 0 aromatic heterocycles. The van der Waals surface area contributed by atoms with Crippen molar-refractivity contribution in [3.8, 4) is 11.5 Å². The molecule has 11 heteroatoms. The smallest absolute Gasteiger partial charge is 0.329 e. The van der Waals surface area contributed by atoms with Crippen molar-refractivity contribution in [2.75, 3.05) is 31.7 Å². The Morgan fingerprint density at radius 3 is 2.69 bits per heavy atom. The van der Waals surface area contributed by atoms with Crippen molar-refractivity contribution in [1.82, 2.24) is 10.7 Å². The Balaban J connectivity index is 1.51. The first-order valence-electron chi connectivity index (χ1n) is 11.5. The highest BCUT2D eigenvalue weighted by atomic mass is 35.5. The van der Waals surface area contributed by atoms with Crippen LogP contribution < -0.4 is 25.5 Å². The van der Waals surface area contributed by atoms with Crippen LogP contribution in [0.5, 0.6) is 11.5 Å². The molecule has 1 fully saturated rings. The molecule has 0 aliphatic carbocycles. The molecule has 0 bridgehead atoms. The third-order valence-electron chi connectivity index (χ3n) is 5.18. The number of carbonyl (C=O) groups excluding carboxylic acids is 3. The summed E-state index contributed by atoms with van der Waals surface area (Å²) in [5.41, 5.74) is 4.25. The number of halogens is 1. The van der Waals surface area contributed by atoms with Crippen LogP contribution >= 0.6 is 11.6 Å². The molecule has 3 N–H and O–H groups in total. The van der Waals surface area contributed by atoms with Crippen molar-refractivity contribution in [3.05, 3.63) is 52.5 Å². The van der Waals surface area contributed by atoms with Crippen molar-refractivity contribution >= 4 is 41.2 Å². The molecule has 1 aliphatic heterocycles. The summed E-state index contributed by atoms with van der Waals surface area (Å²) in [6.45, 7) is 4.77. The van der Waals surface area contributed by atoms with Crippen molar-refractivity contribution in [3.63, 3.8) is 0 Å². The van der Waals surface area contributed by atoms with E-state index in [-0.39, 0.29) is 25.2 Å². The van der Waals surface area contributed by atoms with Gasteiger partial charge in [-0.05, 0) is 68.1 Å².